The number of thiophene rings is 1. The lowest BCUT2D eigenvalue weighted by Crippen LogP contribution is -2.21. The smallest absolute Gasteiger partial charge is 0.261 e. The zero-order valence-corrected chi connectivity index (χ0v) is 15.3. The summed E-state index contributed by atoms with van der Waals surface area (Å²) in [5.41, 5.74) is 9.03. The molecule has 6 nitrogen and oxygen atoms in total. The van der Waals surface area contributed by atoms with Gasteiger partial charge in [0, 0.05) is 23.2 Å². The van der Waals surface area contributed by atoms with Gasteiger partial charge in [0.05, 0.1) is 4.88 Å². The molecule has 0 atom stereocenters. The Morgan fingerprint density at radius 2 is 2.04 bits per heavy atom. The average Bonchev–Trinajstić information content (AvgIpc) is 3.22. The Bertz CT molecular complexity index is 1130. The molecule has 3 aromatic heterocycles. The van der Waals surface area contributed by atoms with Gasteiger partial charge in [-0.25, -0.2) is 8.91 Å². The molecule has 0 bridgehead atoms. The highest BCUT2D eigenvalue weighted by Crippen LogP contribution is 2.31. The number of anilines is 1. The summed E-state index contributed by atoms with van der Waals surface area (Å²) in [6.07, 6.45) is 1.84. The van der Waals surface area contributed by atoms with Crippen molar-refractivity contribution >= 4 is 28.8 Å². The van der Waals surface area contributed by atoms with Gasteiger partial charge in [-0.2, -0.15) is 4.98 Å². The number of fused-ring (bicyclic) bond motifs is 1. The fourth-order valence-corrected chi connectivity index (χ4v) is 3.77. The van der Waals surface area contributed by atoms with Crippen molar-refractivity contribution in [2.75, 3.05) is 5.73 Å². The molecule has 0 unspecified atom stereocenters. The molecule has 136 valence electrons. The second-order valence-corrected chi connectivity index (χ2v) is 7.34. The number of aryl methyl sites for hydroxylation is 1. The van der Waals surface area contributed by atoms with Crippen LogP contribution in [0.2, 0.25) is 0 Å². The van der Waals surface area contributed by atoms with Gasteiger partial charge in [0.25, 0.3) is 5.91 Å². The standard InChI is InChI=1S/C19H16FN5OS/c1-11-15(13-4-7-17-23-19(21)24-25(17)10-13)8-16(27-11)18(26)22-9-12-2-5-14(20)6-3-12/h2-8,10H,9H2,1H3,(H2,21,24)(H,22,26). The van der Waals surface area contributed by atoms with Gasteiger partial charge in [0.2, 0.25) is 5.95 Å². The minimum Gasteiger partial charge on any atom is -0.366 e. The van der Waals surface area contributed by atoms with Crippen molar-refractivity contribution in [3.8, 4) is 11.1 Å². The van der Waals surface area contributed by atoms with Crippen molar-refractivity contribution in [2.45, 2.75) is 13.5 Å². The van der Waals surface area contributed by atoms with Crippen LogP contribution in [0.15, 0.2) is 48.7 Å². The number of carbonyl (C=O) groups is 1. The molecule has 4 aromatic rings. The third kappa shape index (κ3) is 3.52. The Labute approximate surface area is 158 Å². The number of nitrogens with zero attached hydrogens (tertiary/aromatic N) is 3. The number of pyridine rings is 1. The lowest BCUT2D eigenvalue weighted by Gasteiger charge is -2.03. The van der Waals surface area contributed by atoms with Gasteiger partial charge in [-0.1, -0.05) is 12.1 Å². The lowest BCUT2D eigenvalue weighted by atomic mass is 10.1. The summed E-state index contributed by atoms with van der Waals surface area (Å²) in [5.74, 6) is -0.241. The van der Waals surface area contributed by atoms with Gasteiger partial charge in [-0.15, -0.1) is 16.4 Å². The van der Waals surface area contributed by atoms with E-state index in [1.165, 1.54) is 23.5 Å². The highest BCUT2D eigenvalue weighted by atomic mass is 32.1. The van der Waals surface area contributed by atoms with E-state index in [4.69, 9.17) is 5.73 Å². The summed E-state index contributed by atoms with van der Waals surface area (Å²) >= 11 is 1.42. The lowest BCUT2D eigenvalue weighted by molar-refractivity contribution is 0.0955. The average molecular weight is 381 g/mol. The molecule has 3 N–H and O–H groups in total. The second kappa shape index (κ2) is 6.81. The number of amides is 1. The van der Waals surface area contributed by atoms with Crippen molar-refractivity contribution in [2.24, 2.45) is 0 Å². The van der Waals surface area contributed by atoms with Crippen LogP contribution < -0.4 is 11.1 Å². The number of carbonyl (C=O) groups excluding carboxylic acids is 1. The quantitative estimate of drug-likeness (QED) is 0.567. The van der Waals surface area contributed by atoms with Crippen LogP contribution in [0.1, 0.15) is 20.1 Å². The van der Waals surface area contributed by atoms with Gasteiger partial charge in [-0.3, -0.25) is 4.79 Å². The first-order chi connectivity index (χ1) is 13.0. The molecule has 8 heteroatoms. The maximum Gasteiger partial charge on any atom is 0.261 e. The maximum atomic E-state index is 13.0. The van der Waals surface area contributed by atoms with E-state index in [1.807, 2.05) is 31.3 Å². The first-order valence-electron chi connectivity index (χ1n) is 8.25. The zero-order valence-electron chi connectivity index (χ0n) is 14.4. The Kier molecular flexibility index (Phi) is 4.33. The monoisotopic (exact) mass is 381 g/mol. The summed E-state index contributed by atoms with van der Waals surface area (Å²) in [6.45, 7) is 2.31. The van der Waals surface area contributed by atoms with Crippen LogP contribution in [0.5, 0.6) is 0 Å². The van der Waals surface area contributed by atoms with Gasteiger partial charge in [0.15, 0.2) is 5.65 Å². The highest BCUT2D eigenvalue weighted by molar-refractivity contribution is 7.14. The molecule has 0 aliphatic heterocycles. The van der Waals surface area contributed by atoms with E-state index in [0.29, 0.717) is 17.1 Å². The van der Waals surface area contributed by atoms with Crippen molar-refractivity contribution < 1.29 is 9.18 Å². The molecule has 0 radical (unpaired) electrons. The van der Waals surface area contributed by atoms with E-state index in [0.717, 1.165) is 21.6 Å². The third-order valence-electron chi connectivity index (χ3n) is 4.17. The molecule has 1 aromatic carbocycles. The minimum atomic E-state index is -0.297. The molecule has 3 heterocycles. The number of nitrogen functional groups attached to an aromatic ring is 1. The van der Waals surface area contributed by atoms with E-state index in [2.05, 4.69) is 15.4 Å². The van der Waals surface area contributed by atoms with Crippen molar-refractivity contribution in [3.63, 3.8) is 0 Å². The van der Waals surface area contributed by atoms with Gasteiger partial charge < -0.3 is 11.1 Å². The molecular weight excluding hydrogens is 365 g/mol. The fraction of sp³-hybridized carbons (Fsp3) is 0.105. The van der Waals surface area contributed by atoms with E-state index >= 15 is 0 Å². The predicted octanol–water partition coefficient (Wildman–Crippen LogP) is 3.42. The number of aromatic nitrogens is 3. The topological polar surface area (TPSA) is 85.3 Å². The summed E-state index contributed by atoms with van der Waals surface area (Å²) in [7, 11) is 0. The summed E-state index contributed by atoms with van der Waals surface area (Å²) < 4.78 is 14.6. The van der Waals surface area contributed by atoms with Gasteiger partial charge in [0.1, 0.15) is 5.82 Å². The Balaban J connectivity index is 1.54. The van der Waals surface area contributed by atoms with Crippen LogP contribution in [0.25, 0.3) is 16.8 Å². The summed E-state index contributed by atoms with van der Waals surface area (Å²) in [6, 6.07) is 11.7. The Hall–Kier alpha value is -3.26. The number of halogens is 1. The SMILES string of the molecule is Cc1sc(C(=O)NCc2ccc(F)cc2)cc1-c1ccc2nc(N)nn2c1. The second-order valence-electron chi connectivity index (χ2n) is 6.08. The number of hydrogen-bond acceptors (Lipinski definition) is 5. The first kappa shape index (κ1) is 17.2. The largest absolute Gasteiger partial charge is 0.366 e. The Morgan fingerprint density at radius 3 is 2.81 bits per heavy atom. The molecule has 0 saturated carbocycles. The molecule has 0 spiro atoms. The summed E-state index contributed by atoms with van der Waals surface area (Å²) in [5, 5.41) is 6.99. The first-order valence-corrected chi connectivity index (χ1v) is 9.06. The Morgan fingerprint density at radius 1 is 1.26 bits per heavy atom. The van der Waals surface area contributed by atoms with Crippen LogP contribution in [-0.4, -0.2) is 20.5 Å². The van der Waals surface area contributed by atoms with Gasteiger partial charge >= 0.3 is 0 Å². The van der Waals surface area contributed by atoms with Crippen LogP contribution in [0.3, 0.4) is 0 Å². The van der Waals surface area contributed by atoms with Crippen molar-refractivity contribution in [3.05, 3.63) is 69.8 Å². The van der Waals surface area contributed by atoms with E-state index in [-0.39, 0.29) is 17.7 Å². The third-order valence-corrected chi connectivity index (χ3v) is 5.22. The number of rotatable bonds is 4. The maximum absolute atomic E-state index is 13.0. The molecule has 0 aliphatic rings. The normalized spacial score (nSPS) is 11.0. The molecular formula is C19H16FN5OS. The molecule has 1 amide bonds. The molecule has 4 rings (SSSR count). The van der Waals surface area contributed by atoms with Crippen molar-refractivity contribution in [1.82, 2.24) is 19.9 Å². The predicted molar refractivity (Wildman–Crippen MR) is 103 cm³/mol. The highest BCUT2D eigenvalue weighted by Gasteiger charge is 2.14. The number of hydrogen-bond donors (Lipinski definition) is 2. The molecule has 0 aliphatic carbocycles. The van der Waals surface area contributed by atoms with E-state index in [1.54, 1.807) is 16.6 Å². The van der Waals surface area contributed by atoms with Crippen LogP contribution in [0.4, 0.5) is 10.3 Å². The minimum absolute atomic E-state index is 0.162. The zero-order chi connectivity index (χ0) is 19.0. The van der Waals surface area contributed by atoms with E-state index in [9.17, 15) is 9.18 Å². The number of benzene rings is 1. The molecule has 0 saturated heterocycles. The van der Waals surface area contributed by atoms with E-state index < -0.39 is 0 Å². The van der Waals surface area contributed by atoms with Crippen molar-refractivity contribution in [1.29, 1.82) is 0 Å². The van der Waals surface area contributed by atoms with Gasteiger partial charge in [-0.05, 0) is 48.4 Å². The fourth-order valence-electron chi connectivity index (χ4n) is 2.81. The van der Waals surface area contributed by atoms with Crippen LogP contribution in [-0.2, 0) is 6.54 Å². The summed E-state index contributed by atoms with van der Waals surface area (Å²) in [4.78, 5) is 18.2. The van der Waals surface area contributed by atoms with Crippen LogP contribution >= 0.6 is 11.3 Å². The number of nitrogens with two attached hydrogens (primary N) is 1. The van der Waals surface area contributed by atoms with Crippen LogP contribution in [0, 0.1) is 12.7 Å². The molecule has 0 fully saturated rings. The number of nitrogens with one attached hydrogen (secondary N) is 1. The molecule has 27 heavy (non-hydrogen) atoms.